The Kier molecular flexibility index (Phi) is 6.56. The molecule has 2 heterocycles. The highest BCUT2D eigenvalue weighted by atomic mass is 35.5. The van der Waals surface area contributed by atoms with Crippen molar-refractivity contribution in [3.05, 3.63) is 45.0 Å². The van der Waals surface area contributed by atoms with E-state index < -0.39 is 16.0 Å². The summed E-state index contributed by atoms with van der Waals surface area (Å²) >= 11 is 7.98. The second-order valence-electron chi connectivity index (χ2n) is 5.56. The first-order valence-electron chi connectivity index (χ1n) is 8.21. The third kappa shape index (κ3) is 4.47. The molecule has 0 aliphatic carbocycles. The molecule has 7 nitrogen and oxygen atoms in total. The molecule has 0 bridgehead atoms. The van der Waals surface area contributed by atoms with E-state index in [0.29, 0.717) is 23.1 Å². The fourth-order valence-corrected chi connectivity index (χ4v) is 6.23. The van der Waals surface area contributed by atoms with Crippen LogP contribution in [0.25, 0.3) is 10.2 Å². The van der Waals surface area contributed by atoms with E-state index in [9.17, 15) is 13.2 Å². The molecular formula is C17H17ClN2O5S3. The highest BCUT2D eigenvalue weighted by molar-refractivity contribution is 7.92. The van der Waals surface area contributed by atoms with Crippen molar-refractivity contribution in [1.82, 2.24) is 4.57 Å². The van der Waals surface area contributed by atoms with E-state index in [2.05, 4.69) is 4.40 Å². The zero-order chi connectivity index (χ0) is 20.3. The lowest BCUT2D eigenvalue weighted by Gasteiger charge is -2.05. The minimum atomic E-state index is -3.91. The van der Waals surface area contributed by atoms with Crippen LogP contribution in [0.5, 0.6) is 0 Å². The number of thiophene rings is 1. The predicted molar refractivity (Wildman–Crippen MR) is 110 cm³/mol. The van der Waals surface area contributed by atoms with Crippen LogP contribution in [-0.2, 0) is 26.0 Å². The number of carbonyl (C=O) groups excluding carboxylic acids is 1. The third-order valence-electron chi connectivity index (χ3n) is 3.71. The first-order chi connectivity index (χ1) is 13.4. The molecular weight excluding hydrogens is 444 g/mol. The zero-order valence-corrected chi connectivity index (χ0v) is 18.3. The van der Waals surface area contributed by atoms with Gasteiger partial charge in [0.2, 0.25) is 4.80 Å². The van der Waals surface area contributed by atoms with Gasteiger partial charge in [0.05, 0.1) is 33.3 Å². The lowest BCUT2D eigenvalue weighted by molar-refractivity contribution is 0.0526. The van der Waals surface area contributed by atoms with E-state index in [1.807, 2.05) is 0 Å². The second kappa shape index (κ2) is 8.75. The smallest absolute Gasteiger partial charge is 0.338 e. The molecule has 0 aliphatic heterocycles. The molecule has 0 atom stereocenters. The minimum Gasteiger partial charge on any atom is -0.462 e. The van der Waals surface area contributed by atoms with Crippen molar-refractivity contribution in [2.45, 2.75) is 17.7 Å². The summed E-state index contributed by atoms with van der Waals surface area (Å²) in [5, 5.41) is 0. The maximum absolute atomic E-state index is 12.7. The molecule has 11 heteroatoms. The monoisotopic (exact) mass is 460 g/mol. The molecule has 28 heavy (non-hydrogen) atoms. The number of nitrogens with zero attached hydrogens (tertiary/aromatic N) is 2. The molecule has 2 aromatic heterocycles. The predicted octanol–water partition coefficient (Wildman–Crippen LogP) is 3.53. The topological polar surface area (TPSA) is 87.0 Å². The van der Waals surface area contributed by atoms with Crippen molar-refractivity contribution in [3.63, 3.8) is 0 Å². The molecule has 0 unspecified atom stereocenters. The normalized spacial score (nSPS) is 12.6. The fraction of sp³-hybridized carbons (Fsp3) is 0.294. The molecule has 0 amide bonds. The number of methoxy groups -OCH3 is 1. The Labute approximate surface area is 174 Å². The van der Waals surface area contributed by atoms with E-state index >= 15 is 0 Å². The van der Waals surface area contributed by atoms with Gasteiger partial charge in [-0.3, -0.25) is 0 Å². The molecule has 0 N–H and O–H groups in total. The van der Waals surface area contributed by atoms with Gasteiger partial charge in [0.1, 0.15) is 4.21 Å². The number of rotatable bonds is 7. The van der Waals surface area contributed by atoms with Crippen LogP contribution in [0, 0.1) is 0 Å². The Bertz CT molecular complexity index is 1180. The van der Waals surface area contributed by atoms with Crippen molar-refractivity contribution in [1.29, 1.82) is 0 Å². The number of hydrogen-bond donors (Lipinski definition) is 0. The van der Waals surface area contributed by atoms with E-state index in [4.69, 9.17) is 21.1 Å². The molecule has 0 fully saturated rings. The number of halogens is 1. The number of hydrogen-bond acceptors (Lipinski definition) is 7. The molecule has 0 spiro atoms. The van der Waals surface area contributed by atoms with E-state index in [1.165, 1.54) is 23.5 Å². The van der Waals surface area contributed by atoms with Crippen molar-refractivity contribution < 1.29 is 22.7 Å². The highest BCUT2D eigenvalue weighted by Gasteiger charge is 2.18. The van der Waals surface area contributed by atoms with E-state index in [0.717, 1.165) is 21.6 Å². The highest BCUT2D eigenvalue weighted by Crippen LogP contribution is 2.27. The quantitative estimate of drug-likeness (QED) is 0.503. The SMILES string of the molecule is CCOC(=O)c1ccc2c(c1)sc(=NS(=O)(=O)c1ccc(Cl)s1)n2CCOC. The first-order valence-corrected chi connectivity index (χ1v) is 11.7. The summed E-state index contributed by atoms with van der Waals surface area (Å²) in [5.74, 6) is -0.430. The van der Waals surface area contributed by atoms with Crippen LogP contribution in [0.3, 0.4) is 0 Å². The Hall–Kier alpha value is -1.72. The second-order valence-corrected chi connectivity index (χ2v) is 10.1. The van der Waals surface area contributed by atoms with Gasteiger partial charge in [-0.1, -0.05) is 22.9 Å². The van der Waals surface area contributed by atoms with Crippen LogP contribution in [0.15, 0.2) is 38.9 Å². The standard InChI is InChI=1S/C17H17ClN2O5S3/c1-3-25-16(21)11-4-5-12-13(10-11)26-17(20(12)8-9-24-2)19-28(22,23)15-7-6-14(18)27-15/h4-7,10H,3,8-9H2,1-2H3. The number of ether oxygens (including phenoxy) is 2. The van der Waals surface area contributed by atoms with Crippen molar-refractivity contribution in [3.8, 4) is 0 Å². The molecule has 1 aromatic carbocycles. The minimum absolute atomic E-state index is 0.0699. The van der Waals surface area contributed by atoms with Crippen LogP contribution in [0.1, 0.15) is 17.3 Å². The van der Waals surface area contributed by atoms with Gasteiger partial charge >= 0.3 is 5.97 Å². The van der Waals surface area contributed by atoms with Gasteiger partial charge in [-0.05, 0) is 37.3 Å². The van der Waals surface area contributed by atoms with Gasteiger partial charge in [-0.25, -0.2) is 4.79 Å². The largest absolute Gasteiger partial charge is 0.462 e. The van der Waals surface area contributed by atoms with Crippen LogP contribution in [0.2, 0.25) is 4.34 Å². The Balaban J connectivity index is 2.15. The number of aromatic nitrogens is 1. The molecule has 0 aliphatic rings. The number of carbonyl (C=O) groups is 1. The summed E-state index contributed by atoms with van der Waals surface area (Å²) in [6.07, 6.45) is 0. The summed E-state index contributed by atoms with van der Waals surface area (Å²) in [5.41, 5.74) is 1.15. The van der Waals surface area contributed by atoms with Gasteiger partial charge in [-0.2, -0.15) is 8.42 Å². The maximum atomic E-state index is 12.7. The summed E-state index contributed by atoms with van der Waals surface area (Å²) < 4.78 is 42.4. The summed E-state index contributed by atoms with van der Waals surface area (Å²) in [6.45, 7) is 2.80. The van der Waals surface area contributed by atoms with Crippen LogP contribution >= 0.6 is 34.3 Å². The average Bonchev–Trinajstić information content (AvgIpc) is 3.23. The first kappa shape index (κ1) is 21.0. The van der Waals surface area contributed by atoms with Crippen LogP contribution in [0.4, 0.5) is 0 Å². The van der Waals surface area contributed by atoms with E-state index in [1.54, 1.807) is 36.8 Å². The Morgan fingerprint density at radius 1 is 1.25 bits per heavy atom. The van der Waals surface area contributed by atoms with Crippen LogP contribution in [-0.4, -0.2) is 39.3 Å². The maximum Gasteiger partial charge on any atom is 0.338 e. The fourth-order valence-electron chi connectivity index (χ4n) is 2.47. The van der Waals surface area contributed by atoms with Gasteiger partial charge < -0.3 is 14.0 Å². The Morgan fingerprint density at radius 3 is 2.68 bits per heavy atom. The van der Waals surface area contributed by atoms with Gasteiger partial charge in [0, 0.05) is 13.7 Å². The molecule has 0 saturated carbocycles. The van der Waals surface area contributed by atoms with Crippen molar-refractivity contribution in [2.24, 2.45) is 4.40 Å². The third-order valence-corrected chi connectivity index (χ3v) is 7.84. The summed E-state index contributed by atoms with van der Waals surface area (Å²) in [6, 6.07) is 8.02. The van der Waals surface area contributed by atoms with Crippen molar-refractivity contribution >= 4 is 60.5 Å². The lowest BCUT2D eigenvalue weighted by Crippen LogP contribution is -2.19. The molecule has 3 rings (SSSR count). The molecule has 3 aromatic rings. The number of benzene rings is 1. The summed E-state index contributed by atoms with van der Waals surface area (Å²) in [7, 11) is -2.34. The average molecular weight is 461 g/mol. The van der Waals surface area contributed by atoms with Gasteiger partial charge in [0.25, 0.3) is 10.0 Å². The van der Waals surface area contributed by atoms with Gasteiger partial charge in [0.15, 0.2) is 0 Å². The molecule has 0 saturated heterocycles. The number of thiazole rings is 1. The van der Waals surface area contributed by atoms with Gasteiger partial charge in [-0.15, -0.1) is 15.7 Å². The number of esters is 1. The number of sulfonamides is 1. The summed E-state index contributed by atoms with van der Waals surface area (Å²) in [4.78, 5) is 12.3. The van der Waals surface area contributed by atoms with Crippen LogP contribution < -0.4 is 4.80 Å². The number of fused-ring (bicyclic) bond motifs is 1. The lowest BCUT2D eigenvalue weighted by atomic mass is 10.2. The molecule has 0 radical (unpaired) electrons. The zero-order valence-electron chi connectivity index (χ0n) is 15.0. The van der Waals surface area contributed by atoms with Crippen molar-refractivity contribution in [2.75, 3.05) is 20.3 Å². The Morgan fingerprint density at radius 2 is 2.04 bits per heavy atom. The van der Waals surface area contributed by atoms with E-state index in [-0.39, 0.29) is 15.6 Å². The molecule has 150 valence electrons.